The van der Waals surface area contributed by atoms with E-state index in [9.17, 15) is 9.59 Å². The van der Waals surface area contributed by atoms with E-state index in [1.807, 2.05) is 12.1 Å². The van der Waals surface area contributed by atoms with Crippen LogP contribution in [0.5, 0.6) is 5.95 Å². The van der Waals surface area contributed by atoms with Crippen molar-refractivity contribution in [3.8, 4) is 5.95 Å². The van der Waals surface area contributed by atoms with Gasteiger partial charge in [-0.05, 0) is 30.3 Å². The maximum atomic E-state index is 9.99. The van der Waals surface area contributed by atoms with E-state index in [2.05, 4.69) is 15.0 Å². The van der Waals surface area contributed by atoms with Crippen molar-refractivity contribution in [2.24, 2.45) is 0 Å². The molecule has 0 atom stereocenters. The van der Waals surface area contributed by atoms with Crippen LogP contribution in [0.2, 0.25) is 0 Å². The zero-order chi connectivity index (χ0) is 17.3. The van der Waals surface area contributed by atoms with Crippen LogP contribution < -0.4 is 4.74 Å². The molecule has 0 fully saturated rings. The van der Waals surface area contributed by atoms with Gasteiger partial charge in [0, 0.05) is 6.07 Å². The summed E-state index contributed by atoms with van der Waals surface area (Å²) in [5.41, 5.74) is 0. The maximum Gasteiger partial charge on any atom is 0.284 e. The van der Waals surface area contributed by atoms with Gasteiger partial charge in [0.25, 0.3) is 7.40 Å². The lowest BCUT2D eigenvalue weighted by Crippen LogP contribution is -1.76. The number of halogens is 2. The van der Waals surface area contributed by atoms with Crippen LogP contribution in [0.1, 0.15) is 21.1 Å². The van der Waals surface area contributed by atoms with Crippen LogP contribution in [0, 0.1) is 0 Å². The smallest absolute Gasteiger partial charge is 0.284 e. The second-order valence-electron chi connectivity index (χ2n) is 3.41. The Morgan fingerprint density at radius 1 is 0.957 bits per heavy atom. The number of methoxy groups -OCH3 is 1. The molecule has 0 aliphatic carbocycles. The third-order valence-corrected chi connectivity index (χ3v) is 2.00. The molecule has 0 aromatic carbocycles. The summed E-state index contributed by atoms with van der Waals surface area (Å²) >= 11 is 0. The van der Waals surface area contributed by atoms with Gasteiger partial charge in [-0.3, -0.25) is 19.0 Å². The Bertz CT molecular complexity index is 591. The molecule has 0 saturated heterocycles. The molecule has 0 bridgehead atoms. The molecule has 6 nitrogen and oxygen atoms in total. The van der Waals surface area contributed by atoms with Crippen molar-refractivity contribution < 1.29 is 37.0 Å². The molecule has 0 aliphatic rings. The standard InChI is InChI=1S/C6H6O3.C5H4O2.C4H4O.2FH/c1-8-6-3-2-5(4-7)9-6;6-4-5-2-1-3-7-5;1-2-4-5-3-1;;/h2-4H,1H3;1-4H;1-4H;2*1H/i/hD. The van der Waals surface area contributed by atoms with Crippen LogP contribution >= 0.6 is 0 Å². The van der Waals surface area contributed by atoms with Gasteiger partial charge in [-0.2, -0.15) is 0 Å². The van der Waals surface area contributed by atoms with E-state index in [4.69, 9.17) is 9.13 Å². The first-order valence-corrected chi connectivity index (χ1v) is 5.85. The number of aldehydes is 2. The number of carbonyl (C=O) groups is 2. The van der Waals surface area contributed by atoms with Crippen molar-refractivity contribution in [2.75, 3.05) is 7.11 Å². The fourth-order valence-electron chi connectivity index (χ4n) is 1.09. The topological polar surface area (TPSA) is 82.8 Å². The first-order chi connectivity index (χ1) is 11.3. The molecule has 3 rings (SSSR count). The Morgan fingerprint density at radius 2 is 1.61 bits per heavy atom. The largest absolute Gasteiger partial charge is 0.473 e. The number of hydrogen-bond donors (Lipinski definition) is 0. The second-order valence-corrected chi connectivity index (χ2v) is 3.41. The molecule has 3 aromatic heterocycles. The first-order valence-electron chi connectivity index (χ1n) is 6.22. The molecule has 0 radical (unpaired) electrons. The summed E-state index contributed by atoms with van der Waals surface area (Å²) in [4.78, 5) is 19.8. The van der Waals surface area contributed by atoms with Gasteiger partial charge in [0.2, 0.25) is 0 Å². The van der Waals surface area contributed by atoms with Gasteiger partial charge in [-0.15, -0.1) is 0 Å². The van der Waals surface area contributed by atoms with E-state index >= 15 is 0 Å². The molecule has 126 valence electrons. The molecule has 0 aliphatic heterocycles. The van der Waals surface area contributed by atoms with Gasteiger partial charge in [-0.25, -0.2) is 0 Å². The summed E-state index contributed by atoms with van der Waals surface area (Å²) in [6, 6.07) is 10.1. The predicted octanol–water partition coefficient (Wildman–Crippen LogP) is 3.78. The van der Waals surface area contributed by atoms with Gasteiger partial charge < -0.3 is 18.0 Å². The molecule has 8 heteroatoms. The lowest BCUT2D eigenvalue weighted by atomic mass is 10.5. The van der Waals surface area contributed by atoms with Crippen molar-refractivity contribution in [1.29, 1.82) is 1.45 Å². The predicted molar refractivity (Wildman–Crippen MR) is 78.5 cm³/mol. The van der Waals surface area contributed by atoms with Crippen molar-refractivity contribution in [1.82, 2.24) is 0 Å². The number of furan rings is 3. The zero-order valence-electron chi connectivity index (χ0n) is 13.1. The summed E-state index contributed by atoms with van der Waals surface area (Å²) in [5.74, 6) is 1.02. The SMILES string of the molecule is COc1ccc(C=O)o1.F.O=Cc1ccco1.[2H]F.c1ccoc1. The maximum absolute atomic E-state index is 9.99. The third-order valence-electron chi connectivity index (χ3n) is 2.00. The monoisotopic (exact) mass is 331 g/mol. The highest BCUT2D eigenvalue weighted by Gasteiger charge is 1.96. The van der Waals surface area contributed by atoms with E-state index in [0.717, 1.165) is 0 Å². The Labute approximate surface area is 131 Å². The lowest BCUT2D eigenvalue weighted by molar-refractivity contribution is 0.109. The van der Waals surface area contributed by atoms with Crippen molar-refractivity contribution in [3.05, 3.63) is 66.7 Å². The molecule has 0 amide bonds. The lowest BCUT2D eigenvalue weighted by Gasteiger charge is -1.87. The Balaban J connectivity index is 0. The third kappa shape index (κ3) is 9.40. The highest BCUT2D eigenvalue weighted by molar-refractivity contribution is 5.70. The van der Waals surface area contributed by atoms with Crippen molar-refractivity contribution in [3.63, 3.8) is 0 Å². The molecule has 3 aromatic rings. The quantitative estimate of drug-likeness (QED) is 0.679. The minimum absolute atomic E-state index is 0. The van der Waals surface area contributed by atoms with Crippen LogP contribution in [0.3, 0.4) is 0 Å². The molecule has 0 saturated carbocycles. The van der Waals surface area contributed by atoms with Crippen molar-refractivity contribution >= 4 is 12.6 Å². The summed E-state index contributed by atoms with van der Waals surface area (Å²) < 4.78 is 31.7. The van der Waals surface area contributed by atoms with Crippen LogP contribution in [0.4, 0.5) is 9.42 Å². The Morgan fingerprint density at radius 3 is 1.87 bits per heavy atom. The zero-order valence-corrected chi connectivity index (χ0v) is 12.1. The van der Waals surface area contributed by atoms with Gasteiger partial charge in [0.1, 0.15) is 0 Å². The van der Waals surface area contributed by atoms with Gasteiger partial charge in [-0.1, -0.05) is 0 Å². The van der Waals surface area contributed by atoms with E-state index in [-0.39, 0.29) is 10.5 Å². The first kappa shape index (κ1) is 19.8. The summed E-state index contributed by atoms with van der Waals surface area (Å²) in [6.07, 6.45) is 6.01. The number of ether oxygens (including phenoxy) is 1. The number of rotatable bonds is 3. The van der Waals surface area contributed by atoms with Gasteiger partial charge in [0.05, 0.1) is 25.9 Å². The average Bonchev–Trinajstić information content (AvgIpc) is 3.41. The second kappa shape index (κ2) is 13.8. The van der Waals surface area contributed by atoms with Crippen molar-refractivity contribution in [2.45, 2.75) is 0 Å². The highest BCUT2D eigenvalue weighted by Crippen LogP contribution is 2.12. The molecule has 23 heavy (non-hydrogen) atoms. The van der Waals surface area contributed by atoms with Gasteiger partial charge in [0.15, 0.2) is 24.1 Å². The number of hydrogen-bond acceptors (Lipinski definition) is 6. The molecule has 0 N–H and O–H groups in total. The Kier molecular flexibility index (Phi) is 11.9. The van der Waals surface area contributed by atoms with Crippen LogP contribution in [-0.4, -0.2) is 21.1 Å². The van der Waals surface area contributed by atoms with E-state index in [0.29, 0.717) is 24.3 Å². The Hall–Kier alpha value is -3.16. The summed E-state index contributed by atoms with van der Waals surface area (Å²) in [5, 5.41) is 0. The number of carbonyl (C=O) groups excluding carboxylic acids is 2. The fourth-order valence-corrected chi connectivity index (χ4v) is 1.09. The molecule has 0 unspecified atom stereocenters. The van der Waals surface area contributed by atoms with E-state index < -0.39 is 0 Å². The fraction of sp³-hybridized carbons (Fsp3) is 0.0667. The van der Waals surface area contributed by atoms with Gasteiger partial charge >= 0.3 is 0 Å². The molecule has 0 spiro atoms. The van der Waals surface area contributed by atoms with Crippen LogP contribution in [0.25, 0.3) is 0 Å². The summed E-state index contributed by atoms with van der Waals surface area (Å²) in [7, 11) is 1.48. The normalized spacial score (nSPS) is 8.17. The minimum Gasteiger partial charge on any atom is -0.473 e. The van der Waals surface area contributed by atoms with Crippen LogP contribution in [-0.2, 0) is 0 Å². The highest BCUT2D eigenvalue weighted by atomic mass is 19.0. The molecular weight excluding hydrogens is 314 g/mol. The van der Waals surface area contributed by atoms with Crippen LogP contribution in [0.15, 0.2) is 68.4 Å². The minimum atomic E-state index is 0. The molecular formula is C15H16F2O6. The van der Waals surface area contributed by atoms with E-state index in [1.54, 1.807) is 36.8 Å². The van der Waals surface area contributed by atoms with E-state index in [1.165, 1.54) is 13.4 Å². The molecule has 3 heterocycles. The average molecular weight is 331 g/mol. The summed E-state index contributed by atoms with van der Waals surface area (Å²) in [6.45, 7) is 0.